The predicted octanol–water partition coefficient (Wildman–Crippen LogP) is 4.69. The van der Waals surface area contributed by atoms with Crippen molar-refractivity contribution in [2.75, 3.05) is 0 Å². The summed E-state index contributed by atoms with van der Waals surface area (Å²) in [4.78, 5) is 40.2. The van der Waals surface area contributed by atoms with Crippen LogP contribution in [-0.4, -0.2) is 27.7 Å². The molecule has 1 saturated heterocycles. The van der Waals surface area contributed by atoms with Gasteiger partial charge in [-0.25, -0.2) is 5.01 Å². The minimum atomic E-state index is -0.447. The molecular weight excluding hydrogens is 468 g/mol. The zero-order valence-corrected chi connectivity index (χ0v) is 18.5. The second-order valence-corrected chi connectivity index (χ2v) is 9.67. The molecule has 2 aromatic carbocycles. The number of nitrogens with zero attached hydrogens (tertiary/aromatic N) is 2. The van der Waals surface area contributed by atoms with E-state index >= 15 is 0 Å². The molecule has 2 bridgehead atoms. The van der Waals surface area contributed by atoms with E-state index in [0.717, 1.165) is 34.3 Å². The number of carbonyl (C=O) groups excluding carboxylic acids is 3. The van der Waals surface area contributed by atoms with Crippen LogP contribution in [0.5, 0.6) is 0 Å². The molecule has 7 heteroatoms. The Bertz CT molecular complexity index is 1010. The van der Waals surface area contributed by atoms with Gasteiger partial charge >= 0.3 is 0 Å². The lowest BCUT2D eigenvalue weighted by Crippen LogP contribution is -2.50. The average molecular weight is 488 g/mol. The molecule has 30 heavy (non-hydrogen) atoms. The summed E-state index contributed by atoms with van der Waals surface area (Å²) in [7, 11) is 0. The predicted molar refractivity (Wildman–Crippen MR) is 115 cm³/mol. The van der Waals surface area contributed by atoms with Crippen LogP contribution in [-0.2, 0) is 16.1 Å². The number of hydrogen-bond donors (Lipinski definition) is 0. The number of carbonyl (C=O) groups is 3. The van der Waals surface area contributed by atoms with E-state index in [0.29, 0.717) is 5.02 Å². The molecule has 5 nitrogen and oxygen atoms in total. The molecule has 3 amide bonds. The molecule has 0 N–H and O–H groups in total. The van der Waals surface area contributed by atoms with Crippen LogP contribution < -0.4 is 0 Å². The van der Waals surface area contributed by atoms with Gasteiger partial charge in [-0.15, -0.1) is 0 Å². The third-order valence-electron chi connectivity index (χ3n) is 6.73. The molecule has 0 spiro atoms. The molecule has 0 radical (unpaired) electrons. The smallest absolute Gasteiger partial charge is 0.272 e. The quantitative estimate of drug-likeness (QED) is 0.588. The van der Waals surface area contributed by atoms with Crippen LogP contribution in [0, 0.1) is 23.7 Å². The van der Waals surface area contributed by atoms with Gasteiger partial charge in [0.2, 0.25) is 0 Å². The summed E-state index contributed by atoms with van der Waals surface area (Å²) < 4.78 is 0.912. The van der Waals surface area contributed by atoms with E-state index < -0.39 is 5.91 Å². The van der Waals surface area contributed by atoms with Crippen LogP contribution in [0.2, 0.25) is 5.02 Å². The van der Waals surface area contributed by atoms with E-state index in [1.54, 1.807) is 24.3 Å². The Labute approximate surface area is 188 Å². The first-order chi connectivity index (χ1) is 14.5. The van der Waals surface area contributed by atoms with Gasteiger partial charge in [-0.2, -0.15) is 5.01 Å². The third-order valence-corrected chi connectivity index (χ3v) is 7.59. The summed E-state index contributed by atoms with van der Waals surface area (Å²) in [6, 6.07) is 14.2. The maximum Gasteiger partial charge on any atom is 0.274 e. The molecule has 4 atom stereocenters. The Morgan fingerprint density at radius 2 is 1.60 bits per heavy atom. The first-order valence-corrected chi connectivity index (χ1v) is 11.3. The van der Waals surface area contributed by atoms with E-state index in [9.17, 15) is 14.4 Å². The van der Waals surface area contributed by atoms with Crippen LogP contribution >= 0.6 is 27.5 Å². The Morgan fingerprint density at radius 3 is 2.20 bits per heavy atom. The standard InChI is InChI=1S/C23H20BrClN2O3/c24-16-9-5-13(6-10-16)12-26(21(28)17-3-1-2-4-18(17)25)27-22(29)19-14-7-8-15(11-14)20(19)23(27)30/h1-6,9-10,14-15,19-20H,7-8,11-12H2/t14-,15-,19-,20+/m0/s1. The number of amides is 3. The number of imide groups is 1. The zero-order valence-electron chi connectivity index (χ0n) is 16.1. The summed E-state index contributed by atoms with van der Waals surface area (Å²) >= 11 is 9.68. The van der Waals surface area contributed by atoms with Crippen molar-refractivity contribution < 1.29 is 14.4 Å². The van der Waals surface area contributed by atoms with Gasteiger partial charge in [0.25, 0.3) is 17.7 Å². The normalized spacial score (nSPS) is 26.9. The van der Waals surface area contributed by atoms with Crippen LogP contribution in [0.4, 0.5) is 0 Å². The van der Waals surface area contributed by atoms with Gasteiger partial charge in [0.1, 0.15) is 0 Å². The van der Waals surface area contributed by atoms with Crippen LogP contribution in [0.3, 0.4) is 0 Å². The van der Waals surface area contributed by atoms with Gasteiger partial charge in [-0.3, -0.25) is 14.4 Å². The van der Waals surface area contributed by atoms with E-state index in [1.807, 2.05) is 24.3 Å². The van der Waals surface area contributed by atoms with E-state index in [1.165, 1.54) is 5.01 Å². The molecule has 2 aliphatic carbocycles. The van der Waals surface area contributed by atoms with Gasteiger partial charge in [-0.05, 0) is 60.9 Å². The Morgan fingerprint density at radius 1 is 1.00 bits per heavy atom. The lowest BCUT2D eigenvalue weighted by Gasteiger charge is -2.31. The van der Waals surface area contributed by atoms with Crippen molar-refractivity contribution in [3.8, 4) is 0 Å². The van der Waals surface area contributed by atoms with Gasteiger partial charge in [0.15, 0.2) is 0 Å². The fourth-order valence-corrected chi connectivity index (χ4v) is 5.88. The zero-order chi connectivity index (χ0) is 21.0. The van der Waals surface area contributed by atoms with Crippen molar-refractivity contribution >= 4 is 45.3 Å². The first-order valence-electron chi connectivity index (χ1n) is 10.1. The lowest BCUT2D eigenvalue weighted by atomic mass is 9.81. The van der Waals surface area contributed by atoms with Gasteiger partial charge in [0, 0.05) is 4.47 Å². The van der Waals surface area contributed by atoms with Crippen molar-refractivity contribution in [1.82, 2.24) is 10.0 Å². The summed E-state index contributed by atoms with van der Waals surface area (Å²) in [5.74, 6) is -0.995. The van der Waals surface area contributed by atoms with Crippen molar-refractivity contribution in [1.29, 1.82) is 0 Å². The summed E-state index contributed by atoms with van der Waals surface area (Å²) in [5, 5.41) is 2.70. The molecular formula is C23H20BrClN2O3. The maximum absolute atomic E-state index is 13.5. The largest absolute Gasteiger partial charge is 0.274 e. The fourth-order valence-electron chi connectivity index (χ4n) is 5.40. The number of hydrogen-bond acceptors (Lipinski definition) is 3. The summed E-state index contributed by atoms with van der Waals surface area (Å²) in [6.45, 7) is 0.115. The topological polar surface area (TPSA) is 57.7 Å². The number of fused-ring (bicyclic) bond motifs is 5. The van der Waals surface area contributed by atoms with Gasteiger partial charge in [0.05, 0.1) is 29.0 Å². The first kappa shape index (κ1) is 19.8. The van der Waals surface area contributed by atoms with Crippen molar-refractivity contribution in [2.45, 2.75) is 25.8 Å². The minimum absolute atomic E-state index is 0.115. The molecule has 2 aromatic rings. The second-order valence-electron chi connectivity index (χ2n) is 8.34. The molecule has 3 aliphatic rings. The molecule has 5 rings (SSSR count). The van der Waals surface area contributed by atoms with Gasteiger partial charge in [-0.1, -0.05) is 51.8 Å². The highest BCUT2D eigenvalue weighted by atomic mass is 79.9. The monoisotopic (exact) mass is 486 g/mol. The van der Waals surface area contributed by atoms with Crippen LogP contribution in [0.1, 0.15) is 35.2 Å². The lowest BCUT2D eigenvalue weighted by molar-refractivity contribution is -0.156. The van der Waals surface area contributed by atoms with Crippen molar-refractivity contribution in [3.63, 3.8) is 0 Å². The SMILES string of the molecule is O=C(c1ccccc1Cl)N(Cc1ccc(Br)cc1)N1C(=O)[C@@H]2[C@H]3CC[C@@H](C3)[C@@H]2C1=O. The molecule has 3 fully saturated rings. The van der Waals surface area contributed by atoms with Gasteiger partial charge < -0.3 is 0 Å². The summed E-state index contributed by atoms with van der Waals surface area (Å²) in [5.41, 5.74) is 1.09. The summed E-state index contributed by atoms with van der Waals surface area (Å²) in [6.07, 6.45) is 2.93. The average Bonchev–Trinajstić information content (AvgIpc) is 3.42. The molecule has 0 unspecified atom stereocenters. The highest BCUT2D eigenvalue weighted by Crippen LogP contribution is 2.56. The van der Waals surface area contributed by atoms with Crippen molar-refractivity contribution in [3.05, 3.63) is 69.2 Å². The molecule has 154 valence electrons. The third kappa shape index (κ3) is 3.08. The molecule has 2 saturated carbocycles. The molecule has 1 aliphatic heterocycles. The van der Waals surface area contributed by atoms with Crippen LogP contribution in [0.25, 0.3) is 0 Å². The number of rotatable bonds is 4. The second kappa shape index (κ2) is 7.50. The van der Waals surface area contributed by atoms with E-state index in [-0.39, 0.29) is 47.6 Å². The Kier molecular flexibility index (Phi) is 4.94. The fraction of sp³-hybridized carbons (Fsp3) is 0.348. The Balaban J connectivity index is 1.53. The highest BCUT2D eigenvalue weighted by molar-refractivity contribution is 9.10. The van der Waals surface area contributed by atoms with E-state index in [4.69, 9.17) is 11.6 Å². The van der Waals surface area contributed by atoms with E-state index in [2.05, 4.69) is 15.9 Å². The number of halogens is 2. The Hall–Kier alpha value is -2.18. The molecule has 1 heterocycles. The van der Waals surface area contributed by atoms with Crippen LogP contribution in [0.15, 0.2) is 53.0 Å². The van der Waals surface area contributed by atoms with Crippen molar-refractivity contribution in [2.24, 2.45) is 23.7 Å². The maximum atomic E-state index is 13.5. The highest BCUT2D eigenvalue weighted by Gasteiger charge is 2.62. The number of hydrazine groups is 1. The number of benzene rings is 2. The minimum Gasteiger partial charge on any atom is -0.272 e. The molecule has 0 aromatic heterocycles.